The van der Waals surface area contributed by atoms with Gasteiger partial charge < -0.3 is 5.11 Å². The second kappa shape index (κ2) is 7.84. The third kappa shape index (κ3) is 4.08. The Bertz CT molecular complexity index is 1040. The fraction of sp³-hybridized carbons (Fsp3) is 0.250. The van der Waals surface area contributed by atoms with E-state index >= 15 is 0 Å². The molecule has 0 radical (unpaired) electrons. The van der Waals surface area contributed by atoms with E-state index in [9.17, 15) is 13.5 Å². The Balaban J connectivity index is 2.21. The third-order valence-corrected chi connectivity index (χ3v) is 5.78. The Hall–Kier alpha value is -2.15. The van der Waals surface area contributed by atoms with Gasteiger partial charge in [0.25, 0.3) is 0 Å². The second-order valence-electron chi connectivity index (χ2n) is 6.26. The first-order valence-electron chi connectivity index (χ1n) is 8.62. The van der Waals surface area contributed by atoms with E-state index in [1.807, 2.05) is 35.9 Å². The molecule has 0 atom stereocenters. The molecule has 5 nitrogen and oxygen atoms in total. The average molecular weight is 405 g/mol. The van der Waals surface area contributed by atoms with Crippen LogP contribution in [-0.2, 0) is 22.8 Å². The fourth-order valence-corrected chi connectivity index (χ4v) is 3.86. The number of benzene rings is 2. The minimum atomic E-state index is -3.26. The summed E-state index contributed by atoms with van der Waals surface area (Å²) in [6.07, 6.45) is 1.66. The van der Waals surface area contributed by atoms with Crippen LogP contribution in [0.25, 0.3) is 22.4 Å². The van der Waals surface area contributed by atoms with Crippen molar-refractivity contribution in [2.75, 3.05) is 12.9 Å². The molecule has 3 rings (SSSR count). The maximum absolute atomic E-state index is 11.7. The predicted octanol–water partition coefficient (Wildman–Crippen LogP) is 3.83. The molecule has 0 amide bonds. The summed E-state index contributed by atoms with van der Waals surface area (Å²) in [6, 6.07) is 14.2. The highest BCUT2D eigenvalue weighted by Gasteiger charge is 2.20. The minimum absolute atomic E-state index is 0.0126. The van der Waals surface area contributed by atoms with Crippen LogP contribution in [0.2, 0.25) is 5.02 Å². The van der Waals surface area contributed by atoms with Crippen LogP contribution in [0.3, 0.4) is 0 Å². The van der Waals surface area contributed by atoms with Gasteiger partial charge in [-0.05, 0) is 36.8 Å². The van der Waals surface area contributed by atoms with Crippen molar-refractivity contribution in [2.45, 2.75) is 24.8 Å². The first-order valence-corrected chi connectivity index (χ1v) is 10.9. The van der Waals surface area contributed by atoms with Crippen molar-refractivity contribution in [2.24, 2.45) is 0 Å². The van der Waals surface area contributed by atoms with E-state index in [1.165, 1.54) is 6.26 Å². The number of aliphatic hydroxyl groups excluding tert-OH is 1. The second-order valence-corrected chi connectivity index (χ2v) is 8.72. The van der Waals surface area contributed by atoms with Crippen molar-refractivity contribution in [3.8, 4) is 22.4 Å². The van der Waals surface area contributed by atoms with Crippen molar-refractivity contribution in [3.05, 3.63) is 59.2 Å². The van der Waals surface area contributed by atoms with E-state index in [0.717, 1.165) is 28.1 Å². The zero-order valence-corrected chi connectivity index (χ0v) is 16.8. The molecule has 0 aliphatic rings. The van der Waals surface area contributed by atoms with Crippen LogP contribution >= 0.6 is 11.6 Å². The Morgan fingerprint density at radius 1 is 1.04 bits per heavy atom. The van der Waals surface area contributed by atoms with Crippen LogP contribution in [0.4, 0.5) is 0 Å². The van der Waals surface area contributed by atoms with Gasteiger partial charge in [-0.1, -0.05) is 35.9 Å². The number of rotatable bonds is 6. The van der Waals surface area contributed by atoms with E-state index in [0.29, 0.717) is 18.0 Å². The predicted molar refractivity (Wildman–Crippen MR) is 108 cm³/mol. The summed E-state index contributed by atoms with van der Waals surface area (Å²) < 4.78 is 25.3. The van der Waals surface area contributed by atoms with E-state index in [4.69, 9.17) is 16.7 Å². The number of aromatic nitrogens is 2. The van der Waals surface area contributed by atoms with Gasteiger partial charge in [0.15, 0.2) is 9.84 Å². The molecule has 27 heavy (non-hydrogen) atoms. The van der Waals surface area contributed by atoms with E-state index in [-0.39, 0.29) is 11.5 Å². The zero-order valence-electron chi connectivity index (χ0n) is 15.2. The Morgan fingerprint density at radius 3 is 2.15 bits per heavy atom. The molecule has 7 heteroatoms. The molecule has 2 aromatic carbocycles. The van der Waals surface area contributed by atoms with Crippen molar-refractivity contribution in [3.63, 3.8) is 0 Å². The molecular formula is C20H21ClN2O3S. The van der Waals surface area contributed by atoms with E-state index in [2.05, 4.69) is 0 Å². The average Bonchev–Trinajstić information content (AvgIpc) is 3.00. The lowest BCUT2D eigenvalue weighted by Gasteiger charge is -2.08. The smallest absolute Gasteiger partial charge is 0.175 e. The molecule has 142 valence electrons. The highest BCUT2D eigenvalue weighted by Crippen LogP contribution is 2.36. The van der Waals surface area contributed by atoms with Gasteiger partial charge in [-0.3, -0.25) is 4.68 Å². The molecule has 0 spiro atoms. The molecule has 0 saturated heterocycles. The summed E-state index contributed by atoms with van der Waals surface area (Å²) in [6.45, 7) is 2.67. The van der Waals surface area contributed by atoms with Crippen molar-refractivity contribution in [1.29, 1.82) is 0 Å². The van der Waals surface area contributed by atoms with Gasteiger partial charge >= 0.3 is 0 Å². The van der Waals surface area contributed by atoms with Crippen LogP contribution in [-0.4, -0.2) is 36.2 Å². The lowest BCUT2D eigenvalue weighted by atomic mass is 9.98. The van der Waals surface area contributed by atoms with E-state index < -0.39 is 9.84 Å². The summed E-state index contributed by atoms with van der Waals surface area (Å²) in [4.78, 5) is 0.268. The summed E-state index contributed by atoms with van der Waals surface area (Å²) in [7, 11) is -3.26. The minimum Gasteiger partial charge on any atom is -0.396 e. The van der Waals surface area contributed by atoms with Gasteiger partial charge in [0, 0.05) is 47.7 Å². The molecular weight excluding hydrogens is 384 g/mol. The number of nitrogens with zero attached hydrogens (tertiary/aromatic N) is 2. The molecule has 0 unspecified atom stereocenters. The van der Waals surface area contributed by atoms with Gasteiger partial charge in [0.05, 0.1) is 4.90 Å². The number of sulfone groups is 1. The molecule has 1 heterocycles. The van der Waals surface area contributed by atoms with Crippen LogP contribution in [0, 0.1) is 0 Å². The van der Waals surface area contributed by atoms with Crippen LogP contribution in [0.15, 0.2) is 53.4 Å². The van der Waals surface area contributed by atoms with Crippen LogP contribution < -0.4 is 0 Å². The fourth-order valence-electron chi connectivity index (χ4n) is 3.10. The summed E-state index contributed by atoms with van der Waals surface area (Å²) in [5.41, 5.74) is 4.38. The Labute approximate surface area is 164 Å². The number of hydrogen-bond donors (Lipinski definition) is 1. The molecule has 0 aliphatic carbocycles. The van der Waals surface area contributed by atoms with Crippen molar-refractivity contribution < 1.29 is 13.5 Å². The number of hydrogen-bond acceptors (Lipinski definition) is 4. The molecule has 0 fully saturated rings. The zero-order chi connectivity index (χ0) is 19.6. The molecule has 1 aromatic heterocycles. The molecule has 1 N–H and O–H groups in total. The van der Waals surface area contributed by atoms with Gasteiger partial charge in [0.2, 0.25) is 0 Å². The SMILES string of the molecule is CCn1nc(-c2ccc(S(C)(=O)=O)cc2)c(-c2ccc(Cl)cc2)c1CCO. The number of aryl methyl sites for hydroxylation is 1. The van der Waals surface area contributed by atoms with Gasteiger partial charge in [-0.15, -0.1) is 0 Å². The van der Waals surface area contributed by atoms with Crippen LogP contribution in [0.1, 0.15) is 12.6 Å². The molecule has 0 bridgehead atoms. The third-order valence-electron chi connectivity index (χ3n) is 4.39. The van der Waals surface area contributed by atoms with E-state index in [1.54, 1.807) is 24.3 Å². The first kappa shape index (κ1) is 19.6. The first-order chi connectivity index (χ1) is 12.8. The molecule has 3 aromatic rings. The molecule has 0 saturated carbocycles. The lowest BCUT2D eigenvalue weighted by Crippen LogP contribution is -2.05. The van der Waals surface area contributed by atoms with Crippen molar-refractivity contribution >= 4 is 21.4 Å². The maximum Gasteiger partial charge on any atom is 0.175 e. The largest absolute Gasteiger partial charge is 0.396 e. The lowest BCUT2D eigenvalue weighted by molar-refractivity contribution is 0.295. The topological polar surface area (TPSA) is 72.2 Å². The summed E-state index contributed by atoms with van der Waals surface area (Å²) >= 11 is 6.03. The molecule has 0 aliphatic heterocycles. The maximum atomic E-state index is 11.7. The standard InChI is InChI=1S/C20H21ClN2O3S/c1-3-23-18(12-13-24)19(14-4-8-16(21)9-5-14)20(22-23)15-6-10-17(11-7-15)27(2,25)26/h4-11,24H,3,12-13H2,1-2H3. The monoisotopic (exact) mass is 404 g/mol. The van der Waals surface area contributed by atoms with Gasteiger partial charge in [0.1, 0.15) is 5.69 Å². The number of aliphatic hydroxyl groups is 1. The normalized spacial score (nSPS) is 11.7. The quantitative estimate of drug-likeness (QED) is 0.677. The Morgan fingerprint density at radius 2 is 1.63 bits per heavy atom. The van der Waals surface area contributed by atoms with Gasteiger partial charge in [-0.2, -0.15) is 5.10 Å². The van der Waals surface area contributed by atoms with Crippen molar-refractivity contribution in [1.82, 2.24) is 9.78 Å². The summed E-state index contributed by atoms with van der Waals surface area (Å²) in [5, 5.41) is 14.9. The summed E-state index contributed by atoms with van der Waals surface area (Å²) in [5.74, 6) is 0. The number of halogens is 1. The Kier molecular flexibility index (Phi) is 5.69. The highest BCUT2D eigenvalue weighted by molar-refractivity contribution is 7.90. The van der Waals surface area contributed by atoms with Gasteiger partial charge in [-0.25, -0.2) is 8.42 Å². The van der Waals surface area contributed by atoms with Crippen LogP contribution in [0.5, 0.6) is 0 Å². The highest BCUT2D eigenvalue weighted by atomic mass is 35.5.